The molecule has 0 unspecified atom stereocenters. The Balaban J connectivity index is 1.68. The first kappa shape index (κ1) is 16.8. The van der Waals surface area contributed by atoms with Crippen molar-refractivity contribution in [3.8, 4) is 0 Å². The highest BCUT2D eigenvalue weighted by atomic mass is 127. The van der Waals surface area contributed by atoms with Crippen molar-refractivity contribution in [2.75, 3.05) is 44.2 Å². The van der Waals surface area contributed by atoms with Crippen LogP contribution in [0, 0.1) is 3.57 Å². The maximum Gasteiger partial charge on any atom is 0.251 e. The van der Waals surface area contributed by atoms with Crippen molar-refractivity contribution in [2.24, 2.45) is 0 Å². The first-order valence-electron chi connectivity index (χ1n) is 7.80. The van der Waals surface area contributed by atoms with Gasteiger partial charge in [0.15, 0.2) is 0 Å². The van der Waals surface area contributed by atoms with Crippen molar-refractivity contribution >= 4 is 40.1 Å². The van der Waals surface area contributed by atoms with Crippen LogP contribution in [0.3, 0.4) is 0 Å². The van der Waals surface area contributed by atoms with Crippen molar-refractivity contribution in [2.45, 2.75) is 12.5 Å². The second-order valence-corrected chi connectivity index (χ2v) is 7.11. The smallest absolute Gasteiger partial charge is 0.251 e. The summed E-state index contributed by atoms with van der Waals surface area (Å²) in [6.07, 6.45) is 0.255. The average Bonchev–Trinajstić information content (AvgIpc) is 2.84. The number of nitrogens with zero attached hydrogens (tertiary/aromatic N) is 3. The van der Waals surface area contributed by atoms with Gasteiger partial charge in [0.1, 0.15) is 0 Å². The zero-order valence-electron chi connectivity index (χ0n) is 12.8. The number of aliphatic hydroxyl groups excluding tert-OH is 1. The number of imide groups is 1. The zero-order valence-corrected chi connectivity index (χ0v) is 15.0. The number of halogens is 1. The fourth-order valence-corrected chi connectivity index (χ4v) is 3.56. The lowest BCUT2D eigenvalue weighted by Gasteiger charge is -2.36. The third kappa shape index (κ3) is 3.57. The average molecular weight is 429 g/mol. The van der Waals surface area contributed by atoms with Gasteiger partial charge in [-0.25, -0.2) is 4.90 Å². The number of benzene rings is 1. The minimum atomic E-state index is -0.349. The molecule has 1 N–H and O–H groups in total. The Kier molecular flexibility index (Phi) is 5.30. The third-order valence-electron chi connectivity index (χ3n) is 4.47. The molecule has 0 saturated carbocycles. The third-order valence-corrected chi connectivity index (χ3v) is 5.19. The highest BCUT2D eigenvalue weighted by molar-refractivity contribution is 14.1. The van der Waals surface area contributed by atoms with Crippen LogP contribution >= 0.6 is 22.6 Å². The van der Waals surface area contributed by atoms with E-state index in [1.807, 2.05) is 24.3 Å². The molecule has 0 spiro atoms. The molecule has 2 saturated heterocycles. The van der Waals surface area contributed by atoms with Gasteiger partial charge in [-0.05, 0) is 46.9 Å². The number of carbonyl (C=O) groups is 2. The van der Waals surface area contributed by atoms with E-state index in [2.05, 4.69) is 32.4 Å². The molecule has 0 aliphatic carbocycles. The lowest BCUT2D eigenvalue weighted by atomic mass is 10.1. The van der Waals surface area contributed by atoms with Gasteiger partial charge in [-0.1, -0.05) is 0 Å². The van der Waals surface area contributed by atoms with Crippen molar-refractivity contribution in [1.82, 2.24) is 9.80 Å². The van der Waals surface area contributed by atoms with Crippen molar-refractivity contribution in [1.29, 1.82) is 0 Å². The van der Waals surface area contributed by atoms with Crippen LogP contribution in [0.25, 0.3) is 0 Å². The Bertz CT molecular complexity index is 585. The molecule has 1 atom stereocenters. The zero-order chi connectivity index (χ0) is 16.4. The van der Waals surface area contributed by atoms with Crippen LogP contribution in [0.15, 0.2) is 24.3 Å². The van der Waals surface area contributed by atoms with E-state index >= 15 is 0 Å². The van der Waals surface area contributed by atoms with E-state index in [0.29, 0.717) is 12.2 Å². The summed E-state index contributed by atoms with van der Waals surface area (Å²) in [4.78, 5) is 30.6. The SMILES string of the molecule is O=C1C[C@H](N2CCN(CCO)CC2)C(=O)N1c1ccc(I)cc1. The molecule has 2 fully saturated rings. The number of β-amino-alcohol motifs (C(OH)–C–C–N with tert-alkyl or cyclic N) is 1. The normalized spacial score (nSPS) is 23.7. The summed E-state index contributed by atoms with van der Waals surface area (Å²) in [6.45, 7) is 3.97. The number of amides is 2. The van der Waals surface area contributed by atoms with Gasteiger partial charge in [0.25, 0.3) is 5.91 Å². The van der Waals surface area contributed by atoms with Crippen molar-refractivity contribution < 1.29 is 14.7 Å². The molecule has 3 rings (SSSR count). The Morgan fingerprint density at radius 1 is 1.09 bits per heavy atom. The summed E-state index contributed by atoms with van der Waals surface area (Å²) in [6, 6.07) is 7.09. The highest BCUT2D eigenvalue weighted by Gasteiger charge is 2.43. The molecule has 2 aliphatic heterocycles. The van der Waals surface area contributed by atoms with Crippen LogP contribution in [0.4, 0.5) is 5.69 Å². The lowest BCUT2D eigenvalue weighted by Crippen LogP contribution is -2.52. The topological polar surface area (TPSA) is 64.1 Å². The fourth-order valence-electron chi connectivity index (χ4n) is 3.20. The van der Waals surface area contributed by atoms with Gasteiger partial charge in [0, 0.05) is 36.3 Å². The number of rotatable bonds is 4. The molecule has 2 aliphatic rings. The van der Waals surface area contributed by atoms with E-state index in [0.717, 1.165) is 29.7 Å². The molecule has 2 amide bonds. The Labute approximate surface area is 149 Å². The summed E-state index contributed by atoms with van der Waals surface area (Å²) < 4.78 is 1.07. The summed E-state index contributed by atoms with van der Waals surface area (Å²) in [5.74, 6) is -0.245. The first-order chi connectivity index (χ1) is 11.1. The van der Waals surface area contributed by atoms with Crippen LogP contribution in [0.5, 0.6) is 0 Å². The predicted octanol–water partition coefficient (Wildman–Crippen LogP) is 0.533. The minimum absolute atomic E-state index is 0.119. The van der Waals surface area contributed by atoms with Gasteiger partial charge in [0.2, 0.25) is 5.91 Å². The monoisotopic (exact) mass is 429 g/mol. The van der Waals surface area contributed by atoms with Crippen molar-refractivity contribution in [3.05, 3.63) is 27.8 Å². The van der Waals surface area contributed by atoms with Crippen LogP contribution in [0.1, 0.15) is 6.42 Å². The molecule has 7 heteroatoms. The second kappa shape index (κ2) is 7.25. The van der Waals surface area contributed by atoms with E-state index in [4.69, 9.17) is 5.11 Å². The van der Waals surface area contributed by atoms with Gasteiger partial charge >= 0.3 is 0 Å². The van der Waals surface area contributed by atoms with Gasteiger partial charge in [-0.2, -0.15) is 0 Å². The van der Waals surface area contributed by atoms with Crippen LogP contribution in [-0.2, 0) is 9.59 Å². The number of hydrogen-bond acceptors (Lipinski definition) is 5. The van der Waals surface area contributed by atoms with E-state index in [9.17, 15) is 9.59 Å². The number of aliphatic hydroxyl groups is 1. The van der Waals surface area contributed by atoms with E-state index in [1.165, 1.54) is 4.90 Å². The Morgan fingerprint density at radius 2 is 1.74 bits per heavy atom. The summed E-state index contributed by atoms with van der Waals surface area (Å²) in [5.41, 5.74) is 0.654. The fraction of sp³-hybridized carbons (Fsp3) is 0.500. The van der Waals surface area contributed by atoms with Crippen LogP contribution < -0.4 is 4.90 Å². The number of anilines is 1. The van der Waals surface area contributed by atoms with Gasteiger partial charge in [-0.15, -0.1) is 0 Å². The molecule has 0 aromatic heterocycles. The molecule has 6 nitrogen and oxygen atoms in total. The first-order valence-corrected chi connectivity index (χ1v) is 8.87. The summed E-state index contributed by atoms with van der Waals surface area (Å²) >= 11 is 2.20. The summed E-state index contributed by atoms with van der Waals surface area (Å²) in [7, 11) is 0. The molecule has 1 aromatic carbocycles. The molecule has 0 bridgehead atoms. The summed E-state index contributed by atoms with van der Waals surface area (Å²) in [5, 5.41) is 8.99. The van der Waals surface area contributed by atoms with E-state index in [-0.39, 0.29) is 30.9 Å². The largest absolute Gasteiger partial charge is 0.395 e. The Hall–Kier alpha value is -1.03. The molecular formula is C16H20IN3O3. The molecule has 1 aromatic rings. The number of piperazine rings is 1. The number of carbonyl (C=O) groups excluding carboxylic acids is 2. The number of hydrogen-bond donors (Lipinski definition) is 1. The molecule has 23 heavy (non-hydrogen) atoms. The Morgan fingerprint density at radius 3 is 2.35 bits per heavy atom. The standard InChI is InChI=1S/C16H20IN3O3/c17-12-1-3-13(4-2-12)20-15(22)11-14(16(20)23)19-7-5-18(6-8-19)9-10-21/h1-4,14,21H,5-11H2/t14-/m0/s1. The van der Waals surface area contributed by atoms with Crippen molar-refractivity contribution in [3.63, 3.8) is 0 Å². The van der Waals surface area contributed by atoms with E-state index < -0.39 is 0 Å². The predicted molar refractivity (Wildman–Crippen MR) is 95.2 cm³/mol. The van der Waals surface area contributed by atoms with Gasteiger partial charge in [0.05, 0.1) is 24.8 Å². The second-order valence-electron chi connectivity index (χ2n) is 5.86. The van der Waals surface area contributed by atoms with Crippen LogP contribution in [0.2, 0.25) is 0 Å². The minimum Gasteiger partial charge on any atom is -0.395 e. The van der Waals surface area contributed by atoms with E-state index in [1.54, 1.807) is 0 Å². The highest BCUT2D eigenvalue weighted by Crippen LogP contribution is 2.26. The van der Waals surface area contributed by atoms with Gasteiger partial charge in [-0.3, -0.25) is 19.4 Å². The van der Waals surface area contributed by atoms with Crippen LogP contribution in [-0.4, -0.2) is 72.1 Å². The molecule has 124 valence electrons. The quantitative estimate of drug-likeness (QED) is 0.559. The molecule has 2 heterocycles. The lowest BCUT2D eigenvalue weighted by molar-refractivity contribution is -0.123. The van der Waals surface area contributed by atoms with Gasteiger partial charge < -0.3 is 5.11 Å². The molecule has 0 radical (unpaired) electrons. The maximum atomic E-state index is 12.7. The molecular weight excluding hydrogens is 409 g/mol. The maximum absolute atomic E-state index is 12.7.